The van der Waals surface area contributed by atoms with Gasteiger partial charge in [0.15, 0.2) is 5.01 Å². The topological polar surface area (TPSA) is 83.6 Å². The Hall–Kier alpha value is -2.90. The monoisotopic (exact) mass is 453 g/mol. The number of rotatable bonds is 5. The number of alkyl halides is 3. The van der Waals surface area contributed by atoms with Gasteiger partial charge in [-0.25, -0.2) is 4.98 Å². The number of thiazole rings is 1. The lowest BCUT2D eigenvalue weighted by atomic mass is 10.0. The van der Waals surface area contributed by atoms with E-state index in [0.717, 1.165) is 16.5 Å². The largest absolute Gasteiger partial charge is 0.443 e. The van der Waals surface area contributed by atoms with E-state index in [9.17, 15) is 18.0 Å². The van der Waals surface area contributed by atoms with Crippen molar-refractivity contribution in [1.82, 2.24) is 20.1 Å². The van der Waals surface area contributed by atoms with Crippen molar-refractivity contribution in [3.05, 3.63) is 56.6 Å². The first-order chi connectivity index (χ1) is 14.1. The van der Waals surface area contributed by atoms with Crippen LogP contribution in [0.1, 0.15) is 33.5 Å². The number of nitrogens with zero attached hydrogens (tertiary/aromatic N) is 4. The van der Waals surface area contributed by atoms with Crippen molar-refractivity contribution in [2.75, 3.05) is 0 Å². The van der Waals surface area contributed by atoms with Crippen molar-refractivity contribution in [2.24, 2.45) is 0 Å². The van der Waals surface area contributed by atoms with Crippen LogP contribution in [0.15, 0.2) is 29.8 Å². The van der Waals surface area contributed by atoms with Gasteiger partial charge >= 0.3 is 6.18 Å². The molecule has 0 radical (unpaired) electrons. The van der Waals surface area contributed by atoms with Crippen LogP contribution in [0.5, 0.6) is 0 Å². The van der Waals surface area contributed by atoms with E-state index in [1.165, 1.54) is 0 Å². The third-order valence-corrected chi connectivity index (χ3v) is 5.62. The summed E-state index contributed by atoms with van der Waals surface area (Å²) in [6.07, 6.45) is -2.86. The summed E-state index contributed by atoms with van der Waals surface area (Å²) in [4.78, 5) is 15.5. The molecule has 0 unspecified atom stereocenters. The lowest BCUT2D eigenvalue weighted by Crippen LogP contribution is -2.36. The highest BCUT2D eigenvalue weighted by molar-refractivity contribution is 7.09. The van der Waals surface area contributed by atoms with Gasteiger partial charge in [-0.1, -0.05) is 17.7 Å². The Morgan fingerprint density at radius 1 is 1.40 bits per heavy atom. The fourth-order valence-electron chi connectivity index (χ4n) is 2.79. The number of nitrogens with one attached hydrogen (secondary N) is 1. The number of halogens is 4. The first-order valence-electron chi connectivity index (χ1n) is 8.66. The molecule has 0 saturated carbocycles. The molecule has 1 N–H and O–H groups in total. The van der Waals surface area contributed by atoms with E-state index in [4.69, 9.17) is 16.9 Å². The number of carbonyl (C=O) groups is 1. The fraction of sp³-hybridized carbons (Fsp3) is 0.263. The number of nitriles is 1. The molecule has 0 aliphatic rings. The van der Waals surface area contributed by atoms with E-state index >= 15 is 0 Å². The van der Waals surface area contributed by atoms with E-state index in [2.05, 4.69) is 15.4 Å². The van der Waals surface area contributed by atoms with Crippen molar-refractivity contribution in [1.29, 1.82) is 5.26 Å². The smallest absolute Gasteiger partial charge is 0.346 e. The van der Waals surface area contributed by atoms with Crippen molar-refractivity contribution in [3.63, 3.8) is 0 Å². The molecule has 156 valence electrons. The van der Waals surface area contributed by atoms with E-state index in [-0.39, 0.29) is 5.69 Å². The highest BCUT2D eigenvalue weighted by Crippen LogP contribution is 2.32. The van der Waals surface area contributed by atoms with Gasteiger partial charge in [-0.2, -0.15) is 23.5 Å². The van der Waals surface area contributed by atoms with Crippen LogP contribution in [0.4, 0.5) is 13.2 Å². The predicted octanol–water partition coefficient (Wildman–Crippen LogP) is 4.68. The maximum atomic E-state index is 12.6. The minimum Gasteiger partial charge on any atom is -0.346 e. The Morgan fingerprint density at radius 2 is 2.13 bits per heavy atom. The maximum absolute atomic E-state index is 12.6. The Morgan fingerprint density at radius 3 is 2.77 bits per heavy atom. The second-order valence-electron chi connectivity index (χ2n) is 6.54. The zero-order valence-electron chi connectivity index (χ0n) is 15.8. The molecule has 3 aromatic rings. The third kappa shape index (κ3) is 4.63. The normalized spacial score (nSPS) is 12.4. The number of amides is 1. The van der Waals surface area contributed by atoms with Gasteiger partial charge in [0.1, 0.15) is 11.8 Å². The number of hydrogen-bond donors (Lipinski definition) is 1. The standard InChI is InChI=1S/C19H15ClF3N5OS/c1-10(25-17(29)15-9-30-18(26-15)19(21,22)23)8-28-6-5-14(27-28)13-4-3-12(7-24)16(20)11(13)2/h3-6,9-10H,8H2,1-2H3,(H,25,29)/t10-/m0/s1. The van der Waals surface area contributed by atoms with Gasteiger partial charge in [0.25, 0.3) is 5.91 Å². The minimum atomic E-state index is -4.58. The third-order valence-electron chi connectivity index (χ3n) is 4.24. The van der Waals surface area contributed by atoms with Crippen molar-refractivity contribution >= 4 is 28.8 Å². The maximum Gasteiger partial charge on any atom is 0.443 e. The summed E-state index contributed by atoms with van der Waals surface area (Å²) in [5, 5.41) is 16.5. The summed E-state index contributed by atoms with van der Waals surface area (Å²) in [5.41, 5.74) is 2.25. The van der Waals surface area contributed by atoms with Crippen LogP contribution < -0.4 is 5.32 Å². The average Bonchev–Trinajstić information content (AvgIpc) is 3.33. The SMILES string of the molecule is Cc1c(-c2ccn(C[C@H](C)NC(=O)c3csc(C(F)(F)F)n3)n2)ccc(C#N)c1Cl. The molecule has 2 aromatic heterocycles. The molecule has 1 atom stereocenters. The molecule has 30 heavy (non-hydrogen) atoms. The Labute approximate surface area is 178 Å². The lowest BCUT2D eigenvalue weighted by molar-refractivity contribution is -0.137. The van der Waals surface area contributed by atoms with Gasteiger partial charge < -0.3 is 5.32 Å². The van der Waals surface area contributed by atoms with E-state index in [1.54, 1.807) is 42.9 Å². The van der Waals surface area contributed by atoms with Crippen LogP contribution >= 0.6 is 22.9 Å². The summed E-state index contributed by atoms with van der Waals surface area (Å²) in [5.74, 6) is -0.684. The number of aromatic nitrogens is 3. The number of carbonyl (C=O) groups excluding carboxylic acids is 1. The zero-order chi connectivity index (χ0) is 22.1. The fourth-order valence-corrected chi connectivity index (χ4v) is 3.66. The zero-order valence-corrected chi connectivity index (χ0v) is 17.4. The highest BCUT2D eigenvalue weighted by atomic mass is 35.5. The molecule has 1 amide bonds. The predicted molar refractivity (Wildman–Crippen MR) is 106 cm³/mol. The van der Waals surface area contributed by atoms with Crippen LogP contribution in [-0.2, 0) is 12.7 Å². The Balaban J connectivity index is 1.67. The average molecular weight is 454 g/mol. The molecular formula is C19H15ClF3N5OS. The van der Waals surface area contributed by atoms with Gasteiger partial charge in [0.2, 0.25) is 0 Å². The molecule has 6 nitrogen and oxygen atoms in total. The van der Waals surface area contributed by atoms with Crippen molar-refractivity contribution in [3.8, 4) is 17.3 Å². The summed E-state index contributed by atoms with van der Waals surface area (Å²) in [6, 6.07) is 6.77. The van der Waals surface area contributed by atoms with Crippen molar-refractivity contribution < 1.29 is 18.0 Å². The minimum absolute atomic E-state index is 0.275. The first kappa shape index (κ1) is 21.8. The lowest BCUT2D eigenvalue weighted by Gasteiger charge is -2.13. The van der Waals surface area contributed by atoms with E-state index in [1.807, 2.05) is 6.07 Å². The van der Waals surface area contributed by atoms with Gasteiger partial charge in [-0.15, -0.1) is 11.3 Å². The number of hydrogen-bond acceptors (Lipinski definition) is 5. The second kappa shape index (κ2) is 8.45. The van der Waals surface area contributed by atoms with Gasteiger partial charge in [-0.3, -0.25) is 9.48 Å². The molecule has 11 heteroatoms. The van der Waals surface area contributed by atoms with Crippen LogP contribution in [-0.4, -0.2) is 26.7 Å². The Kier molecular flexibility index (Phi) is 6.14. The van der Waals surface area contributed by atoms with Crippen LogP contribution in [0, 0.1) is 18.3 Å². The van der Waals surface area contributed by atoms with E-state index < -0.39 is 23.1 Å². The van der Waals surface area contributed by atoms with Crippen LogP contribution in [0.25, 0.3) is 11.3 Å². The molecule has 2 heterocycles. The summed E-state index contributed by atoms with van der Waals surface area (Å²) < 4.78 is 39.5. The molecule has 0 bridgehead atoms. The van der Waals surface area contributed by atoms with E-state index in [0.29, 0.717) is 34.2 Å². The molecule has 0 aliphatic heterocycles. The molecule has 0 aliphatic carbocycles. The summed E-state index contributed by atoms with van der Waals surface area (Å²) in [6.45, 7) is 3.80. The molecule has 1 aromatic carbocycles. The first-order valence-corrected chi connectivity index (χ1v) is 9.92. The second-order valence-corrected chi connectivity index (χ2v) is 7.78. The highest BCUT2D eigenvalue weighted by Gasteiger charge is 2.35. The van der Waals surface area contributed by atoms with Gasteiger partial charge in [0, 0.05) is 23.2 Å². The summed E-state index contributed by atoms with van der Waals surface area (Å²) in [7, 11) is 0. The van der Waals surface area contributed by atoms with Gasteiger partial charge in [0.05, 0.1) is 22.8 Å². The molecule has 0 saturated heterocycles. The van der Waals surface area contributed by atoms with Crippen LogP contribution in [0.2, 0.25) is 5.02 Å². The molecule has 0 spiro atoms. The quantitative estimate of drug-likeness (QED) is 0.608. The van der Waals surface area contributed by atoms with Crippen LogP contribution in [0.3, 0.4) is 0 Å². The Bertz CT molecular complexity index is 1130. The molecule has 3 rings (SSSR count). The van der Waals surface area contributed by atoms with Crippen molar-refractivity contribution in [2.45, 2.75) is 32.6 Å². The molecule has 0 fully saturated rings. The van der Waals surface area contributed by atoms with Gasteiger partial charge in [-0.05, 0) is 31.5 Å². The number of benzene rings is 1. The molecular weight excluding hydrogens is 439 g/mol. The summed E-state index contributed by atoms with van der Waals surface area (Å²) >= 11 is 6.58.